The minimum absolute atomic E-state index is 0.270. The lowest BCUT2D eigenvalue weighted by Crippen LogP contribution is -2.30. The van der Waals surface area contributed by atoms with E-state index in [0.717, 1.165) is 11.3 Å². The molecule has 0 saturated carbocycles. The number of esters is 1. The Kier molecular flexibility index (Phi) is 5.30. The second-order valence-electron chi connectivity index (χ2n) is 5.11. The van der Waals surface area contributed by atoms with Crippen molar-refractivity contribution in [3.05, 3.63) is 53.6 Å². The van der Waals surface area contributed by atoms with Gasteiger partial charge in [-0.2, -0.15) is 0 Å². The van der Waals surface area contributed by atoms with E-state index in [-0.39, 0.29) is 6.42 Å². The first-order valence-electron chi connectivity index (χ1n) is 6.94. The van der Waals surface area contributed by atoms with E-state index in [1.807, 2.05) is 26.1 Å². The molecule has 0 aliphatic carbocycles. The van der Waals surface area contributed by atoms with Gasteiger partial charge < -0.3 is 19.1 Å². The van der Waals surface area contributed by atoms with Crippen LogP contribution in [-0.4, -0.2) is 33.8 Å². The predicted molar refractivity (Wildman–Crippen MR) is 79.9 cm³/mol. The number of benzene rings is 1. The van der Waals surface area contributed by atoms with Crippen molar-refractivity contribution in [2.75, 3.05) is 7.11 Å². The van der Waals surface area contributed by atoms with Crippen molar-refractivity contribution in [3.8, 4) is 0 Å². The van der Waals surface area contributed by atoms with Gasteiger partial charge in [0.25, 0.3) is 0 Å². The summed E-state index contributed by atoms with van der Waals surface area (Å²) in [6.45, 7) is 1.96. The van der Waals surface area contributed by atoms with Gasteiger partial charge in [0.05, 0.1) is 13.4 Å². The molecule has 0 aliphatic rings. The highest BCUT2D eigenvalue weighted by Gasteiger charge is 2.25. The topological polar surface area (TPSA) is 73.6 Å². The highest BCUT2D eigenvalue weighted by atomic mass is 16.6. The maximum Gasteiger partial charge on any atom is 0.335 e. The molecule has 1 aromatic heterocycles. The Morgan fingerprint density at radius 2 is 2.05 bits per heavy atom. The van der Waals surface area contributed by atoms with E-state index in [9.17, 15) is 9.90 Å². The number of aliphatic hydroxyl groups excluding tert-OH is 1. The molecule has 6 heteroatoms. The van der Waals surface area contributed by atoms with Gasteiger partial charge in [0.2, 0.25) is 0 Å². The van der Waals surface area contributed by atoms with Crippen LogP contribution in [0.5, 0.6) is 0 Å². The number of imidazole rings is 1. The first-order chi connectivity index (χ1) is 10.5. The molecule has 0 spiro atoms. The molecular weight excluding hydrogens is 284 g/mol. The number of nitrogens with zero attached hydrogens (tertiary/aromatic N) is 2. The quantitative estimate of drug-likeness (QED) is 0.647. The smallest absolute Gasteiger partial charge is 0.335 e. The molecule has 1 N–H and O–H groups in total. The molecular formula is C16H20N2O4. The lowest BCUT2D eigenvalue weighted by Gasteiger charge is -2.20. The zero-order valence-corrected chi connectivity index (χ0v) is 12.9. The van der Waals surface area contributed by atoms with Gasteiger partial charge in [0.15, 0.2) is 12.4 Å². The highest BCUT2D eigenvalue weighted by molar-refractivity contribution is 5.74. The maximum atomic E-state index is 11.9. The Morgan fingerprint density at radius 1 is 1.36 bits per heavy atom. The summed E-state index contributed by atoms with van der Waals surface area (Å²) < 4.78 is 12.0. The van der Waals surface area contributed by atoms with Crippen molar-refractivity contribution in [2.24, 2.45) is 7.05 Å². The average Bonchev–Trinajstić information content (AvgIpc) is 2.91. The van der Waals surface area contributed by atoms with Crippen LogP contribution in [0, 0.1) is 6.92 Å². The Hall–Kier alpha value is -2.18. The van der Waals surface area contributed by atoms with Gasteiger partial charge >= 0.3 is 5.97 Å². The predicted octanol–water partition coefficient (Wildman–Crippen LogP) is 1.52. The average molecular weight is 304 g/mol. The number of carbonyl (C=O) groups is 1. The maximum absolute atomic E-state index is 11.9. The first-order valence-corrected chi connectivity index (χ1v) is 6.94. The van der Waals surface area contributed by atoms with E-state index >= 15 is 0 Å². The molecule has 2 rings (SSSR count). The molecule has 1 heterocycles. The standard InChI is InChI=1S/C16H20N2O4/c1-11-4-6-12(7-5-11)15(19)22-14(16(20)21-3)8-13-9-17-10-18(13)2/h4-7,9-10,14-15,19H,8H2,1-3H3. The number of rotatable bonds is 6. The van der Waals surface area contributed by atoms with Crippen molar-refractivity contribution in [1.29, 1.82) is 0 Å². The molecule has 22 heavy (non-hydrogen) atoms. The van der Waals surface area contributed by atoms with Gasteiger partial charge in [0.1, 0.15) is 0 Å². The number of aryl methyl sites for hydroxylation is 2. The minimum Gasteiger partial charge on any atom is -0.467 e. The summed E-state index contributed by atoms with van der Waals surface area (Å²) in [5.74, 6) is -0.535. The van der Waals surface area contributed by atoms with Crippen LogP contribution in [0.2, 0.25) is 0 Å². The molecule has 0 aliphatic heterocycles. The molecule has 118 valence electrons. The number of methoxy groups -OCH3 is 1. The zero-order valence-electron chi connectivity index (χ0n) is 12.9. The Balaban J connectivity index is 2.10. The van der Waals surface area contributed by atoms with Crippen LogP contribution >= 0.6 is 0 Å². The number of aromatic nitrogens is 2. The summed E-state index contributed by atoms with van der Waals surface area (Å²) in [5, 5.41) is 10.2. The molecule has 6 nitrogen and oxygen atoms in total. The Labute approximate surface area is 129 Å². The van der Waals surface area contributed by atoms with Crippen LogP contribution < -0.4 is 0 Å². The molecule has 0 bridgehead atoms. The van der Waals surface area contributed by atoms with E-state index in [4.69, 9.17) is 9.47 Å². The number of aliphatic hydroxyl groups is 1. The summed E-state index contributed by atoms with van der Waals surface area (Å²) in [5.41, 5.74) is 2.48. The van der Waals surface area contributed by atoms with Gasteiger partial charge in [-0.05, 0) is 6.92 Å². The van der Waals surface area contributed by atoms with E-state index in [0.29, 0.717) is 5.56 Å². The fraction of sp³-hybridized carbons (Fsp3) is 0.375. The molecule has 2 atom stereocenters. The zero-order chi connectivity index (χ0) is 16.1. The van der Waals surface area contributed by atoms with Crippen molar-refractivity contribution >= 4 is 5.97 Å². The van der Waals surface area contributed by atoms with Crippen LogP contribution in [0.15, 0.2) is 36.8 Å². The summed E-state index contributed by atoms with van der Waals surface area (Å²) in [7, 11) is 3.12. The molecule has 0 radical (unpaired) electrons. The van der Waals surface area contributed by atoms with E-state index in [1.54, 1.807) is 29.2 Å². The summed E-state index contributed by atoms with van der Waals surface area (Å²) in [6.07, 6.45) is 1.46. The van der Waals surface area contributed by atoms with Gasteiger partial charge in [0, 0.05) is 30.9 Å². The summed E-state index contributed by atoms with van der Waals surface area (Å²) in [6, 6.07) is 7.27. The van der Waals surface area contributed by atoms with Crippen LogP contribution in [0.25, 0.3) is 0 Å². The van der Waals surface area contributed by atoms with Crippen LogP contribution in [0.1, 0.15) is 23.1 Å². The van der Waals surface area contributed by atoms with Crippen LogP contribution in [0.4, 0.5) is 0 Å². The van der Waals surface area contributed by atoms with Crippen molar-refractivity contribution < 1.29 is 19.4 Å². The van der Waals surface area contributed by atoms with Gasteiger partial charge in [-0.3, -0.25) is 0 Å². The van der Waals surface area contributed by atoms with Crippen LogP contribution in [-0.2, 0) is 27.7 Å². The lowest BCUT2D eigenvalue weighted by molar-refractivity contribution is -0.179. The third-order valence-corrected chi connectivity index (χ3v) is 3.43. The number of hydrogen-bond acceptors (Lipinski definition) is 5. The second kappa shape index (κ2) is 7.20. The molecule has 0 amide bonds. The van der Waals surface area contributed by atoms with E-state index in [1.165, 1.54) is 7.11 Å². The normalized spacial score (nSPS) is 13.6. The van der Waals surface area contributed by atoms with E-state index in [2.05, 4.69) is 4.98 Å². The van der Waals surface area contributed by atoms with E-state index < -0.39 is 18.4 Å². The number of carbonyl (C=O) groups excluding carboxylic acids is 1. The monoisotopic (exact) mass is 304 g/mol. The Morgan fingerprint density at radius 3 is 2.59 bits per heavy atom. The molecule has 2 unspecified atom stereocenters. The van der Waals surface area contributed by atoms with Crippen molar-refractivity contribution in [2.45, 2.75) is 25.7 Å². The molecule has 1 aromatic carbocycles. The van der Waals surface area contributed by atoms with Gasteiger partial charge in [-0.25, -0.2) is 9.78 Å². The SMILES string of the molecule is COC(=O)C(Cc1cncn1C)OC(O)c1ccc(C)cc1. The fourth-order valence-corrected chi connectivity index (χ4v) is 2.05. The minimum atomic E-state index is -1.20. The molecule has 0 fully saturated rings. The third kappa shape index (κ3) is 3.93. The van der Waals surface area contributed by atoms with Crippen molar-refractivity contribution in [3.63, 3.8) is 0 Å². The first kappa shape index (κ1) is 16.2. The van der Waals surface area contributed by atoms with Crippen molar-refractivity contribution in [1.82, 2.24) is 9.55 Å². The summed E-state index contributed by atoms with van der Waals surface area (Å²) >= 11 is 0. The molecule has 0 saturated heterocycles. The lowest BCUT2D eigenvalue weighted by atomic mass is 10.1. The van der Waals surface area contributed by atoms with Gasteiger partial charge in [-0.1, -0.05) is 29.8 Å². The fourth-order valence-electron chi connectivity index (χ4n) is 2.05. The third-order valence-electron chi connectivity index (χ3n) is 3.43. The molecule has 2 aromatic rings. The highest BCUT2D eigenvalue weighted by Crippen LogP contribution is 2.19. The van der Waals surface area contributed by atoms with Gasteiger partial charge in [-0.15, -0.1) is 0 Å². The number of hydrogen-bond donors (Lipinski definition) is 1. The number of ether oxygens (including phenoxy) is 2. The summed E-state index contributed by atoms with van der Waals surface area (Å²) in [4.78, 5) is 15.9. The largest absolute Gasteiger partial charge is 0.467 e. The second-order valence-corrected chi connectivity index (χ2v) is 5.11. The van der Waals surface area contributed by atoms with Crippen LogP contribution in [0.3, 0.4) is 0 Å². The Bertz CT molecular complexity index is 621.